The Labute approximate surface area is 107 Å². The SMILES string of the molecule is F/C(=C\c1cc2ccccc2s1)c1ccsc1. The third-order valence-electron chi connectivity index (χ3n) is 2.51. The van der Waals surface area contributed by atoms with E-state index >= 15 is 0 Å². The van der Waals surface area contributed by atoms with Gasteiger partial charge in [-0.05, 0) is 35.0 Å². The molecule has 0 fully saturated rings. The van der Waals surface area contributed by atoms with Crippen LogP contribution in [0.5, 0.6) is 0 Å². The van der Waals surface area contributed by atoms with Crippen LogP contribution < -0.4 is 0 Å². The molecule has 0 aliphatic heterocycles. The summed E-state index contributed by atoms with van der Waals surface area (Å²) in [7, 11) is 0. The van der Waals surface area contributed by atoms with Gasteiger partial charge in [0.1, 0.15) is 5.83 Å². The lowest BCUT2D eigenvalue weighted by molar-refractivity contribution is 0.766. The van der Waals surface area contributed by atoms with Crippen molar-refractivity contribution in [2.24, 2.45) is 0 Å². The van der Waals surface area contributed by atoms with Crippen LogP contribution >= 0.6 is 22.7 Å². The van der Waals surface area contributed by atoms with Gasteiger partial charge in [0.25, 0.3) is 0 Å². The van der Waals surface area contributed by atoms with Crippen molar-refractivity contribution in [3.05, 3.63) is 57.6 Å². The maximum atomic E-state index is 13.9. The van der Waals surface area contributed by atoms with E-state index in [1.807, 2.05) is 35.0 Å². The van der Waals surface area contributed by atoms with Crippen molar-refractivity contribution >= 4 is 44.7 Å². The summed E-state index contributed by atoms with van der Waals surface area (Å²) in [6, 6.07) is 11.9. The maximum Gasteiger partial charge on any atom is 0.132 e. The molecule has 0 radical (unpaired) electrons. The highest BCUT2D eigenvalue weighted by Crippen LogP contribution is 2.29. The monoisotopic (exact) mass is 260 g/mol. The molecule has 0 saturated carbocycles. The van der Waals surface area contributed by atoms with Crippen LogP contribution in [-0.2, 0) is 0 Å². The van der Waals surface area contributed by atoms with Gasteiger partial charge in [0.05, 0.1) is 0 Å². The average molecular weight is 260 g/mol. The van der Waals surface area contributed by atoms with Crippen LogP contribution in [0, 0.1) is 0 Å². The summed E-state index contributed by atoms with van der Waals surface area (Å²) in [5.74, 6) is -0.169. The van der Waals surface area contributed by atoms with Crippen LogP contribution in [0.2, 0.25) is 0 Å². The minimum atomic E-state index is -0.169. The van der Waals surface area contributed by atoms with E-state index in [4.69, 9.17) is 0 Å². The Morgan fingerprint density at radius 3 is 2.82 bits per heavy atom. The van der Waals surface area contributed by atoms with E-state index in [9.17, 15) is 4.39 Å². The highest BCUT2D eigenvalue weighted by Gasteiger charge is 2.03. The van der Waals surface area contributed by atoms with E-state index < -0.39 is 0 Å². The Bertz CT molecular complexity index is 629. The Morgan fingerprint density at radius 1 is 1.18 bits per heavy atom. The number of fused-ring (bicyclic) bond motifs is 1. The van der Waals surface area contributed by atoms with Crippen LogP contribution in [0.1, 0.15) is 10.4 Å². The molecule has 1 aromatic carbocycles. The average Bonchev–Trinajstić information content (AvgIpc) is 2.97. The third-order valence-corrected chi connectivity index (χ3v) is 4.26. The minimum Gasteiger partial charge on any atom is -0.206 e. The summed E-state index contributed by atoms with van der Waals surface area (Å²) in [5.41, 5.74) is 0.660. The van der Waals surface area contributed by atoms with Gasteiger partial charge < -0.3 is 0 Å². The first kappa shape index (κ1) is 10.7. The molecule has 0 aliphatic carbocycles. The summed E-state index contributed by atoms with van der Waals surface area (Å²) in [6.07, 6.45) is 1.60. The maximum absolute atomic E-state index is 13.9. The number of thiophene rings is 2. The van der Waals surface area contributed by atoms with Crippen LogP contribution in [0.25, 0.3) is 22.0 Å². The highest BCUT2D eigenvalue weighted by atomic mass is 32.1. The Balaban J connectivity index is 2.02. The lowest BCUT2D eigenvalue weighted by Gasteiger charge is -1.90. The molecule has 0 N–H and O–H groups in total. The molecule has 17 heavy (non-hydrogen) atoms. The molecule has 3 aromatic rings. The number of rotatable bonds is 2. The fourth-order valence-electron chi connectivity index (χ4n) is 1.68. The summed E-state index contributed by atoms with van der Waals surface area (Å²) in [6.45, 7) is 0. The van der Waals surface area contributed by atoms with Crippen molar-refractivity contribution < 1.29 is 4.39 Å². The van der Waals surface area contributed by atoms with E-state index in [0.717, 1.165) is 4.88 Å². The van der Waals surface area contributed by atoms with E-state index in [-0.39, 0.29) is 5.83 Å². The fraction of sp³-hybridized carbons (Fsp3) is 0. The molecule has 0 unspecified atom stereocenters. The Kier molecular flexibility index (Phi) is 2.79. The summed E-state index contributed by atoms with van der Waals surface area (Å²) in [4.78, 5) is 0.954. The van der Waals surface area contributed by atoms with Crippen molar-refractivity contribution in [3.8, 4) is 0 Å². The number of benzene rings is 1. The second-order valence-electron chi connectivity index (χ2n) is 3.69. The number of hydrogen-bond donors (Lipinski definition) is 0. The minimum absolute atomic E-state index is 0.169. The first-order valence-corrected chi connectivity index (χ1v) is 6.97. The van der Waals surface area contributed by atoms with Crippen molar-refractivity contribution in [2.45, 2.75) is 0 Å². The van der Waals surface area contributed by atoms with E-state index in [2.05, 4.69) is 6.07 Å². The molecule has 0 amide bonds. The number of hydrogen-bond acceptors (Lipinski definition) is 2. The van der Waals surface area contributed by atoms with E-state index in [0.29, 0.717) is 5.56 Å². The predicted molar refractivity (Wildman–Crippen MR) is 75.1 cm³/mol. The molecule has 0 aliphatic rings. The molecule has 0 atom stereocenters. The zero-order chi connectivity index (χ0) is 11.7. The topological polar surface area (TPSA) is 0 Å². The van der Waals surface area contributed by atoms with E-state index in [1.165, 1.54) is 21.4 Å². The smallest absolute Gasteiger partial charge is 0.132 e. The third kappa shape index (κ3) is 2.16. The van der Waals surface area contributed by atoms with Gasteiger partial charge in [-0.25, -0.2) is 4.39 Å². The highest BCUT2D eigenvalue weighted by molar-refractivity contribution is 7.19. The molecule has 0 saturated heterocycles. The predicted octanol–water partition coefficient (Wildman–Crippen LogP) is 5.43. The fourth-order valence-corrected chi connectivity index (χ4v) is 3.32. The van der Waals surface area contributed by atoms with Gasteiger partial charge in [-0.2, -0.15) is 11.3 Å². The standard InChI is InChI=1S/C14H9FS2/c15-13(11-5-6-16-9-11)8-12-7-10-3-1-2-4-14(10)17-12/h1-9H/b13-8-. The molecular weight excluding hydrogens is 251 g/mol. The Morgan fingerprint density at radius 2 is 2.06 bits per heavy atom. The van der Waals surface area contributed by atoms with Gasteiger partial charge in [0.2, 0.25) is 0 Å². The van der Waals surface area contributed by atoms with Gasteiger partial charge in [0.15, 0.2) is 0 Å². The van der Waals surface area contributed by atoms with Gasteiger partial charge in [-0.3, -0.25) is 0 Å². The molecular formula is C14H9FS2. The number of halogens is 1. The van der Waals surface area contributed by atoms with Crippen LogP contribution in [0.4, 0.5) is 4.39 Å². The first-order chi connectivity index (χ1) is 8.33. The van der Waals surface area contributed by atoms with Crippen molar-refractivity contribution in [3.63, 3.8) is 0 Å². The first-order valence-electron chi connectivity index (χ1n) is 5.21. The lowest BCUT2D eigenvalue weighted by Crippen LogP contribution is -1.69. The van der Waals surface area contributed by atoms with Crippen LogP contribution in [0.15, 0.2) is 47.2 Å². The second-order valence-corrected chi connectivity index (χ2v) is 5.59. The molecule has 84 valence electrons. The van der Waals surface area contributed by atoms with Gasteiger partial charge in [-0.1, -0.05) is 18.2 Å². The summed E-state index contributed by atoms with van der Waals surface area (Å²) < 4.78 is 15.0. The largest absolute Gasteiger partial charge is 0.206 e. The van der Waals surface area contributed by atoms with Gasteiger partial charge in [0, 0.05) is 20.5 Å². The Hall–Kier alpha value is -1.45. The lowest BCUT2D eigenvalue weighted by atomic mass is 10.2. The van der Waals surface area contributed by atoms with E-state index in [1.54, 1.807) is 23.5 Å². The molecule has 0 bridgehead atoms. The molecule has 3 heteroatoms. The molecule has 0 nitrogen and oxygen atoms in total. The van der Waals surface area contributed by atoms with Crippen molar-refractivity contribution in [1.82, 2.24) is 0 Å². The van der Waals surface area contributed by atoms with Crippen LogP contribution in [0.3, 0.4) is 0 Å². The molecule has 0 spiro atoms. The van der Waals surface area contributed by atoms with Crippen molar-refractivity contribution in [2.75, 3.05) is 0 Å². The zero-order valence-corrected chi connectivity index (χ0v) is 10.5. The van der Waals surface area contributed by atoms with Gasteiger partial charge >= 0.3 is 0 Å². The second kappa shape index (κ2) is 4.43. The molecule has 2 aromatic heterocycles. The summed E-state index contributed by atoms with van der Waals surface area (Å²) >= 11 is 3.12. The molecule has 2 heterocycles. The van der Waals surface area contributed by atoms with Crippen LogP contribution in [-0.4, -0.2) is 0 Å². The molecule has 3 rings (SSSR count). The summed E-state index contributed by atoms with van der Waals surface area (Å²) in [5, 5.41) is 4.87. The van der Waals surface area contributed by atoms with Gasteiger partial charge in [-0.15, -0.1) is 11.3 Å². The normalized spacial score (nSPS) is 12.2. The zero-order valence-electron chi connectivity index (χ0n) is 8.89. The quantitative estimate of drug-likeness (QED) is 0.576. The van der Waals surface area contributed by atoms with Crippen molar-refractivity contribution in [1.29, 1.82) is 0 Å².